The number of hydrogen-bond acceptors (Lipinski definition) is 9. The van der Waals surface area contributed by atoms with Crippen LogP contribution in [0.2, 0.25) is 0 Å². The van der Waals surface area contributed by atoms with Gasteiger partial charge in [0.2, 0.25) is 15.9 Å². The van der Waals surface area contributed by atoms with Gasteiger partial charge in [0.05, 0.1) is 25.2 Å². The molecule has 0 aliphatic carbocycles. The molecule has 0 fully saturated rings. The largest absolute Gasteiger partial charge is 0.506 e. The summed E-state index contributed by atoms with van der Waals surface area (Å²) < 4.78 is 30.8. The zero-order valence-corrected chi connectivity index (χ0v) is 23.7. The summed E-state index contributed by atoms with van der Waals surface area (Å²) in [7, 11) is -2.10. The summed E-state index contributed by atoms with van der Waals surface area (Å²) in [6.07, 6.45) is 1.56. The summed E-state index contributed by atoms with van der Waals surface area (Å²) >= 11 is 1.52. The highest BCUT2D eigenvalue weighted by molar-refractivity contribution is 7.92. The lowest BCUT2D eigenvalue weighted by Gasteiger charge is -2.31. The van der Waals surface area contributed by atoms with E-state index in [-0.39, 0.29) is 23.9 Å². The number of nitrogens with one attached hydrogen (secondary N) is 3. The van der Waals surface area contributed by atoms with Crippen molar-refractivity contribution in [3.05, 3.63) is 89.4 Å². The van der Waals surface area contributed by atoms with Crippen LogP contribution in [-0.4, -0.2) is 49.4 Å². The molecule has 0 saturated heterocycles. The van der Waals surface area contributed by atoms with E-state index >= 15 is 0 Å². The highest BCUT2D eigenvalue weighted by atomic mass is 32.2. The number of carbonyl (C=O) groups excluding carboxylic acids is 1. The van der Waals surface area contributed by atoms with Crippen molar-refractivity contribution in [1.82, 2.24) is 10.3 Å². The van der Waals surface area contributed by atoms with E-state index in [9.17, 15) is 23.4 Å². The van der Waals surface area contributed by atoms with Crippen LogP contribution in [0.3, 0.4) is 0 Å². The highest BCUT2D eigenvalue weighted by Gasteiger charge is 2.35. The SMILES string of the molecule is COc1ccc([C@](C)(NC[C@H](O)c2ccc(O)c(NS(C)(=O)=O)c2)C(=O)Nc2ccc(-c3nccs3)cc2)cc1. The Labute approximate surface area is 236 Å². The number of ether oxygens (including phenoxy) is 1. The molecule has 12 heteroatoms. The van der Waals surface area contributed by atoms with E-state index < -0.39 is 21.7 Å². The normalized spacial score (nSPS) is 13.7. The van der Waals surface area contributed by atoms with Gasteiger partial charge in [-0.15, -0.1) is 11.3 Å². The van der Waals surface area contributed by atoms with Crippen LogP contribution in [0, 0.1) is 0 Å². The molecule has 2 atom stereocenters. The number of aromatic hydroxyl groups is 1. The fourth-order valence-corrected chi connectivity index (χ4v) is 5.22. The number of phenolic OH excluding ortho intramolecular Hbond substituents is 1. The number of aliphatic hydroxyl groups excluding tert-OH is 1. The van der Waals surface area contributed by atoms with E-state index in [2.05, 4.69) is 20.3 Å². The number of carbonyl (C=O) groups is 1. The van der Waals surface area contributed by atoms with Gasteiger partial charge in [-0.2, -0.15) is 0 Å². The number of aromatic nitrogens is 1. The number of anilines is 2. The number of rotatable bonds is 11. The first-order chi connectivity index (χ1) is 19.0. The summed E-state index contributed by atoms with van der Waals surface area (Å²) in [5.74, 6) is -0.0195. The summed E-state index contributed by atoms with van der Waals surface area (Å²) in [6, 6.07) is 18.5. The fourth-order valence-electron chi connectivity index (χ4n) is 4.02. The number of benzene rings is 3. The molecule has 1 amide bonds. The van der Waals surface area contributed by atoms with Crippen molar-refractivity contribution in [1.29, 1.82) is 0 Å². The molecule has 4 rings (SSSR count). The molecule has 3 aromatic carbocycles. The van der Waals surface area contributed by atoms with E-state index in [1.54, 1.807) is 56.6 Å². The Morgan fingerprint density at radius 3 is 2.40 bits per heavy atom. The minimum atomic E-state index is -3.65. The van der Waals surface area contributed by atoms with Gasteiger partial charge in [-0.25, -0.2) is 13.4 Å². The van der Waals surface area contributed by atoms with E-state index in [0.717, 1.165) is 16.8 Å². The Hall–Kier alpha value is -3.97. The summed E-state index contributed by atoms with van der Waals surface area (Å²) in [5.41, 5.74) is 1.14. The Morgan fingerprint density at radius 1 is 1.10 bits per heavy atom. The van der Waals surface area contributed by atoms with Gasteiger partial charge < -0.3 is 20.3 Å². The van der Waals surface area contributed by atoms with Crippen molar-refractivity contribution >= 4 is 38.6 Å². The molecule has 0 unspecified atom stereocenters. The van der Waals surface area contributed by atoms with E-state index in [1.807, 2.05) is 17.5 Å². The molecule has 0 aliphatic rings. The average Bonchev–Trinajstić information content (AvgIpc) is 3.47. The average molecular weight is 583 g/mol. The van der Waals surface area contributed by atoms with Crippen molar-refractivity contribution in [3.63, 3.8) is 0 Å². The first kappa shape index (κ1) is 29.0. The fraction of sp³-hybridized carbons (Fsp3) is 0.214. The van der Waals surface area contributed by atoms with Crippen LogP contribution in [0.1, 0.15) is 24.2 Å². The van der Waals surface area contributed by atoms with Crippen molar-refractivity contribution in [2.24, 2.45) is 0 Å². The monoisotopic (exact) mass is 582 g/mol. The van der Waals surface area contributed by atoms with Gasteiger partial charge in [0.25, 0.3) is 0 Å². The lowest BCUT2D eigenvalue weighted by atomic mass is 9.90. The van der Waals surface area contributed by atoms with Crippen LogP contribution in [0.4, 0.5) is 11.4 Å². The number of methoxy groups -OCH3 is 1. The standard InChI is InChI=1S/C28H30N4O6S2/c1-28(20-7-11-22(38-2)12-8-20,27(35)31-21-9-4-18(5-10-21)26-29-14-15-39-26)30-17-25(34)19-6-13-24(33)23(16-19)32-40(3,36)37/h4-16,25,30,32-34H,17H2,1-3H3,(H,31,35)/t25-,28-/m0/s1. The van der Waals surface area contributed by atoms with Gasteiger partial charge in [-0.1, -0.05) is 18.2 Å². The number of hydrogen-bond donors (Lipinski definition) is 5. The molecule has 0 aliphatic heterocycles. The first-order valence-electron chi connectivity index (χ1n) is 12.2. The zero-order valence-electron chi connectivity index (χ0n) is 22.1. The van der Waals surface area contributed by atoms with Crippen molar-refractivity contribution in [2.45, 2.75) is 18.6 Å². The highest BCUT2D eigenvalue weighted by Crippen LogP contribution is 2.30. The number of sulfonamides is 1. The second kappa shape index (κ2) is 12.0. The molecule has 1 aromatic heterocycles. The lowest BCUT2D eigenvalue weighted by molar-refractivity contribution is -0.122. The maximum absolute atomic E-state index is 13.7. The third-order valence-corrected chi connectivity index (χ3v) is 7.71. The number of nitrogens with zero attached hydrogens (tertiary/aromatic N) is 1. The maximum Gasteiger partial charge on any atom is 0.249 e. The summed E-state index contributed by atoms with van der Waals surface area (Å²) in [6.45, 7) is 1.64. The lowest BCUT2D eigenvalue weighted by Crippen LogP contribution is -2.50. The third-order valence-electron chi connectivity index (χ3n) is 6.29. The molecule has 0 spiro atoms. The summed E-state index contributed by atoms with van der Waals surface area (Å²) in [5, 5.41) is 29.9. The number of phenols is 1. The number of thiazole rings is 1. The van der Waals surface area contributed by atoms with Crippen LogP contribution in [0.5, 0.6) is 11.5 Å². The van der Waals surface area contributed by atoms with Gasteiger partial charge in [-0.3, -0.25) is 14.8 Å². The van der Waals surface area contributed by atoms with Crippen LogP contribution < -0.4 is 20.1 Å². The van der Waals surface area contributed by atoms with Gasteiger partial charge in [-0.05, 0) is 66.6 Å². The van der Waals surface area contributed by atoms with Gasteiger partial charge in [0, 0.05) is 29.4 Å². The molecule has 40 heavy (non-hydrogen) atoms. The van der Waals surface area contributed by atoms with Crippen LogP contribution >= 0.6 is 11.3 Å². The first-order valence-corrected chi connectivity index (χ1v) is 15.0. The third kappa shape index (κ3) is 6.96. The number of amides is 1. The molecule has 210 valence electrons. The molecule has 0 radical (unpaired) electrons. The van der Waals surface area contributed by atoms with Crippen molar-refractivity contribution in [3.8, 4) is 22.1 Å². The molecular weight excluding hydrogens is 552 g/mol. The van der Waals surface area contributed by atoms with Crippen LogP contribution in [-0.2, 0) is 20.4 Å². The molecule has 4 aromatic rings. The Bertz CT molecular complexity index is 1560. The minimum absolute atomic E-state index is 0.0593. The molecular formula is C28H30N4O6S2. The van der Waals surface area contributed by atoms with Crippen LogP contribution in [0.15, 0.2) is 78.3 Å². The molecule has 0 saturated carbocycles. The van der Waals surface area contributed by atoms with E-state index in [1.165, 1.54) is 29.5 Å². The smallest absolute Gasteiger partial charge is 0.249 e. The Balaban J connectivity index is 1.56. The quantitative estimate of drug-likeness (QED) is 0.166. The maximum atomic E-state index is 13.7. The van der Waals surface area contributed by atoms with E-state index in [4.69, 9.17) is 4.74 Å². The second-order valence-corrected chi connectivity index (χ2v) is 11.9. The topological polar surface area (TPSA) is 150 Å². The predicted octanol–water partition coefficient (Wildman–Crippen LogP) is 4.07. The van der Waals surface area contributed by atoms with Crippen LogP contribution in [0.25, 0.3) is 10.6 Å². The Morgan fingerprint density at radius 2 is 1.80 bits per heavy atom. The van der Waals surface area contributed by atoms with E-state index in [0.29, 0.717) is 22.6 Å². The number of aliphatic hydroxyl groups is 1. The van der Waals surface area contributed by atoms with Gasteiger partial charge in [0.15, 0.2) is 0 Å². The van der Waals surface area contributed by atoms with Gasteiger partial charge >= 0.3 is 0 Å². The van der Waals surface area contributed by atoms with Crippen molar-refractivity contribution < 1.29 is 28.2 Å². The summed E-state index contributed by atoms with van der Waals surface area (Å²) in [4.78, 5) is 18.0. The molecule has 10 nitrogen and oxygen atoms in total. The predicted molar refractivity (Wildman–Crippen MR) is 156 cm³/mol. The molecule has 5 N–H and O–H groups in total. The van der Waals surface area contributed by atoms with Gasteiger partial charge in [0.1, 0.15) is 22.0 Å². The molecule has 1 heterocycles. The zero-order chi connectivity index (χ0) is 28.9. The second-order valence-electron chi connectivity index (χ2n) is 9.27. The Kier molecular flexibility index (Phi) is 8.74. The van der Waals surface area contributed by atoms with Crippen molar-refractivity contribution in [2.75, 3.05) is 29.9 Å². The molecule has 0 bridgehead atoms. The minimum Gasteiger partial charge on any atom is -0.506 e.